The van der Waals surface area contributed by atoms with Crippen LogP contribution in [0.2, 0.25) is 0 Å². The maximum absolute atomic E-state index is 10.9. The zero-order valence-electron chi connectivity index (χ0n) is 11.0. The van der Waals surface area contributed by atoms with Gasteiger partial charge >= 0.3 is 0 Å². The van der Waals surface area contributed by atoms with Crippen LogP contribution in [0.15, 0.2) is 30.3 Å². The molecule has 1 heterocycles. The Labute approximate surface area is 110 Å². The molecule has 1 N–H and O–H groups in total. The van der Waals surface area contributed by atoms with Crippen LogP contribution in [0.1, 0.15) is 50.2 Å². The maximum atomic E-state index is 10.9. The molecule has 0 amide bonds. The van der Waals surface area contributed by atoms with E-state index in [2.05, 4.69) is 17.0 Å². The van der Waals surface area contributed by atoms with Gasteiger partial charge in [0.05, 0.1) is 11.6 Å². The quantitative estimate of drug-likeness (QED) is 0.884. The van der Waals surface area contributed by atoms with E-state index >= 15 is 0 Å². The van der Waals surface area contributed by atoms with Gasteiger partial charge in [0.2, 0.25) is 0 Å². The Morgan fingerprint density at radius 3 is 2.17 bits per heavy atom. The van der Waals surface area contributed by atoms with Crippen LogP contribution in [0.5, 0.6) is 0 Å². The van der Waals surface area contributed by atoms with Crippen molar-refractivity contribution in [3.63, 3.8) is 0 Å². The van der Waals surface area contributed by atoms with Crippen LogP contribution < -0.4 is 0 Å². The van der Waals surface area contributed by atoms with Gasteiger partial charge in [-0.05, 0) is 44.3 Å². The molecule has 1 aliphatic carbocycles. The van der Waals surface area contributed by atoms with E-state index in [0.717, 1.165) is 18.4 Å². The highest BCUT2D eigenvalue weighted by atomic mass is 16.3. The SMILES string of the molecule is O[C@H](c1ccccc1)C1(N2CCCC2)CCCC1. The predicted molar refractivity (Wildman–Crippen MR) is 73.4 cm³/mol. The Hall–Kier alpha value is -0.860. The van der Waals surface area contributed by atoms with Gasteiger partial charge in [0.25, 0.3) is 0 Å². The van der Waals surface area contributed by atoms with Crippen molar-refractivity contribution in [3.05, 3.63) is 35.9 Å². The van der Waals surface area contributed by atoms with E-state index in [0.29, 0.717) is 0 Å². The molecule has 2 nitrogen and oxygen atoms in total. The minimum atomic E-state index is -0.320. The van der Waals surface area contributed by atoms with Crippen molar-refractivity contribution in [2.45, 2.75) is 50.2 Å². The fourth-order valence-electron chi connectivity index (χ4n) is 3.86. The average molecular weight is 245 g/mol. The number of hydrogen-bond donors (Lipinski definition) is 1. The summed E-state index contributed by atoms with van der Waals surface area (Å²) in [7, 11) is 0. The monoisotopic (exact) mass is 245 g/mol. The summed E-state index contributed by atoms with van der Waals surface area (Å²) >= 11 is 0. The molecule has 98 valence electrons. The fourth-order valence-corrected chi connectivity index (χ4v) is 3.86. The smallest absolute Gasteiger partial charge is 0.0973 e. The van der Waals surface area contributed by atoms with Gasteiger partial charge in [0.15, 0.2) is 0 Å². The van der Waals surface area contributed by atoms with Crippen LogP contribution in [-0.2, 0) is 0 Å². The zero-order chi connectivity index (χ0) is 12.4. The number of benzene rings is 1. The first-order valence-corrected chi connectivity index (χ1v) is 7.31. The lowest BCUT2D eigenvalue weighted by atomic mass is 9.84. The lowest BCUT2D eigenvalue weighted by Crippen LogP contribution is -2.49. The van der Waals surface area contributed by atoms with Gasteiger partial charge in [-0.2, -0.15) is 0 Å². The number of aliphatic hydroxyl groups is 1. The average Bonchev–Trinajstić information content (AvgIpc) is 3.10. The molecule has 18 heavy (non-hydrogen) atoms. The Bertz CT molecular complexity index is 377. The summed E-state index contributed by atoms with van der Waals surface area (Å²) in [6.07, 6.45) is 7.11. The first kappa shape index (κ1) is 12.2. The molecule has 0 aromatic heterocycles. The molecule has 1 saturated heterocycles. The van der Waals surface area contributed by atoms with Gasteiger partial charge in [0.1, 0.15) is 0 Å². The van der Waals surface area contributed by atoms with Crippen LogP contribution in [0, 0.1) is 0 Å². The molecule has 1 aromatic carbocycles. The van der Waals surface area contributed by atoms with Gasteiger partial charge in [0, 0.05) is 0 Å². The van der Waals surface area contributed by atoms with Crippen LogP contribution in [0.4, 0.5) is 0 Å². The third-order valence-corrected chi connectivity index (χ3v) is 4.83. The molecule has 0 spiro atoms. The fraction of sp³-hybridized carbons (Fsp3) is 0.625. The molecule has 2 heteroatoms. The Kier molecular flexibility index (Phi) is 3.40. The second-order valence-electron chi connectivity index (χ2n) is 5.82. The van der Waals surface area contributed by atoms with Crippen molar-refractivity contribution < 1.29 is 5.11 Å². The predicted octanol–water partition coefficient (Wildman–Crippen LogP) is 3.13. The number of aliphatic hydroxyl groups excluding tert-OH is 1. The van der Waals surface area contributed by atoms with E-state index in [1.165, 1.54) is 38.8 Å². The lowest BCUT2D eigenvalue weighted by Gasteiger charge is -2.42. The van der Waals surface area contributed by atoms with Crippen LogP contribution >= 0.6 is 0 Å². The molecular weight excluding hydrogens is 222 g/mol. The normalized spacial score (nSPS) is 25.4. The zero-order valence-corrected chi connectivity index (χ0v) is 11.0. The lowest BCUT2D eigenvalue weighted by molar-refractivity contribution is -0.0195. The molecule has 1 saturated carbocycles. The first-order chi connectivity index (χ1) is 8.83. The van der Waals surface area contributed by atoms with Crippen molar-refractivity contribution in [1.82, 2.24) is 4.90 Å². The number of hydrogen-bond acceptors (Lipinski definition) is 2. The van der Waals surface area contributed by atoms with E-state index in [-0.39, 0.29) is 11.6 Å². The largest absolute Gasteiger partial charge is 0.386 e. The van der Waals surface area contributed by atoms with Gasteiger partial charge in [-0.25, -0.2) is 0 Å². The minimum absolute atomic E-state index is 0.0256. The van der Waals surface area contributed by atoms with Crippen molar-refractivity contribution in [2.24, 2.45) is 0 Å². The summed E-state index contributed by atoms with van der Waals surface area (Å²) in [5.74, 6) is 0. The summed E-state index contributed by atoms with van der Waals surface area (Å²) in [5, 5.41) is 10.9. The Morgan fingerprint density at radius 1 is 0.944 bits per heavy atom. The Balaban J connectivity index is 1.89. The second kappa shape index (κ2) is 5.02. The third kappa shape index (κ3) is 1.98. The standard InChI is InChI=1S/C16H23NO/c18-15(14-8-2-1-3-9-14)16(10-4-5-11-16)17-12-6-7-13-17/h1-3,8-9,15,18H,4-7,10-13H2/t15-/m1/s1. The topological polar surface area (TPSA) is 23.5 Å². The third-order valence-electron chi connectivity index (χ3n) is 4.83. The summed E-state index contributed by atoms with van der Waals surface area (Å²) in [4.78, 5) is 2.57. The summed E-state index contributed by atoms with van der Waals surface area (Å²) in [6.45, 7) is 2.34. The summed E-state index contributed by atoms with van der Waals surface area (Å²) < 4.78 is 0. The molecule has 1 atom stereocenters. The van der Waals surface area contributed by atoms with Gasteiger partial charge < -0.3 is 5.11 Å². The molecule has 3 rings (SSSR count). The van der Waals surface area contributed by atoms with Gasteiger partial charge in [-0.3, -0.25) is 4.90 Å². The molecule has 0 radical (unpaired) electrons. The van der Waals surface area contributed by atoms with E-state index in [4.69, 9.17) is 0 Å². The molecule has 2 fully saturated rings. The molecular formula is C16H23NO. The second-order valence-corrected chi connectivity index (χ2v) is 5.82. The maximum Gasteiger partial charge on any atom is 0.0973 e. The van der Waals surface area contributed by atoms with Crippen LogP contribution in [0.25, 0.3) is 0 Å². The summed E-state index contributed by atoms with van der Waals surface area (Å²) in [5.41, 5.74) is 1.11. The summed E-state index contributed by atoms with van der Waals surface area (Å²) in [6, 6.07) is 10.2. The van der Waals surface area contributed by atoms with Crippen molar-refractivity contribution in [2.75, 3.05) is 13.1 Å². The van der Waals surface area contributed by atoms with Gasteiger partial charge in [-0.1, -0.05) is 43.2 Å². The van der Waals surface area contributed by atoms with E-state index in [1.54, 1.807) is 0 Å². The molecule has 1 aromatic rings. The van der Waals surface area contributed by atoms with E-state index < -0.39 is 0 Å². The molecule has 0 bridgehead atoms. The van der Waals surface area contributed by atoms with Crippen molar-refractivity contribution in [1.29, 1.82) is 0 Å². The van der Waals surface area contributed by atoms with E-state index in [9.17, 15) is 5.11 Å². The van der Waals surface area contributed by atoms with Crippen molar-refractivity contribution in [3.8, 4) is 0 Å². The number of nitrogens with zero attached hydrogens (tertiary/aromatic N) is 1. The molecule has 0 unspecified atom stereocenters. The first-order valence-electron chi connectivity index (χ1n) is 7.31. The van der Waals surface area contributed by atoms with Crippen LogP contribution in [-0.4, -0.2) is 28.6 Å². The number of rotatable bonds is 3. The van der Waals surface area contributed by atoms with Crippen molar-refractivity contribution >= 4 is 0 Å². The van der Waals surface area contributed by atoms with E-state index in [1.807, 2.05) is 18.2 Å². The highest BCUT2D eigenvalue weighted by Gasteiger charge is 2.46. The van der Waals surface area contributed by atoms with Gasteiger partial charge in [-0.15, -0.1) is 0 Å². The molecule has 1 aliphatic heterocycles. The number of likely N-dealkylation sites (tertiary alicyclic amines) is 1. The highest BCUT2D eigenvalue weighted by molar-refractivity contribution is 5.22. The Morgan fingerprint density at radius 2 is 1.56 bits per heavy atom. The molecule has 2 aliphatic rings. The van der Waals surface area contributed by atoms with Crippen LogP contribution in [0.3, 0.4) is 0 Å². The minimum Gasteiger partial charge on any atom is -0.386 e. The highest BCUT2D eigenvalue weighted by Crippen LogP contribution is 2.45.